The molecule has 2 aliphatic rings. The van der Waals surface area contributed by atoms with Crippen molar-refractivity contribution in [2.75, 3.05) is 30.3 Å². The van der Waals surface area contributed by atoms with Crippen LogP contribution in [0.5, 0.6) is 0 Å². The summed E-state index contributed by atoms with van der Waals surface area (Å²) in [5.74, 6) is 1.18. The summed E-state index contributed by atoms with van der Waals surface area (Å²) in [6, 6.07) is 10.4. The van der Waals surface area contributed by atoms with E-state index in [-0.39, 0.29) is 18.0 Å². The molecule has 1 aromatic carbocycles. The number of nitrogens with one attached hydrogen (secondary N) is 2. The molecule has 10 heteroatoms. The van der Waals surface area contributed by atoms with Gasteiger partial charge in [-0.05, 0) is 67.5 Å². The summed E-state index contributed by atoms with van der Waals surface area (Å²) >= 11 is 0. The van der Waals surface area contributed by atoms with Gasteiger partial charge < -0.3 is 15.7 Å². The van der Waals surface area contributed by atoms with Gasteiger partial charge in [0.1, 0.15) is 23.7 Å². The number of benzene rings is 1. The van der Waals surface area contributed by atoms with E-state index in [2.05, 4.69) is 50.4 Å². The topological polar surface area (TPSA) is 86.2 Å². The summed E-state index contributed by atoms with van der Waals surface area (Å²) in [6.45, 7) is 6.81. The molecule has 3 N–H and O–H groups in total. The zero-order valence-electron chi connectivity index (χ0n) is 23.0. The number of hydrogen-bond donors (Lipinski definition) is 3. The van der Waals surface area contributed by atoms with Gasteiger partial charge in [0.15, 0.2) is 0 Å². The lowest BCUT2D eigenvalue weighted by atomic mass is 9.88. The molecule has 0 spiro atoms. The molecule has 2 atom stereocenters. The van der Waals surface area contributed by atoms with Crippen molar-refractivity contribution in [2.45, 2.75) is 70.7 Å². The van der Waals surface area contributed by atoms with Gasteiger partial charge in [-0.25, -0.2) is 15.0 Å². The quantitative estimate of drug-likeness (QED) is 0.312. The predicted molar refractivity (Wildman–Crippen MR) is 151 cm³/mol. The Labute approximate surface area is 233 Å². The molecule has 1 aliphatic carbocycles. The van der Waals surface area contributed by atoms with Crippen LogP contribution in [0, 0.1) is 5.92 Å². The number of piperidine rings is 1. The number of alkyl halides is 3. The summed E-state index contributed by atoms with van der Waals surface area (Å²) in [6.07, 6.45) is 1.79. The van der Waals surface area contributed by atoms with Crippen LogP contribution in [0.25, 0.3) is 11.3 Å². The van der Waals surface area contributed by atoms with Gasteiger partial charge in [-0.1, -0.05) is 32.4 Å². The van der Waals surface area contributed by atoms with Gasteiger partial charge in [0.25, 0.3) is 0 Å². The Kier molecular flexibility index (Phi) is 8.56. The van der Waals surface area contributed by atoms with Crippen molar-refractivity contribution in [1.82, 2.24) is 19.9 Å². The fourth-order valence-corrected chi connectivity index (χ4v) is 5.77. The summed E-state index contributed by atoms with van der Waals surface area (Å²) < 4.78 is 40.9. The maximum Gasteiger partial charge on any atom is 0.433 e. The van der Waals surface area contributed by atoms with E-state index < -0.39 is 11.9 Å². The molecule has 0 unspecified atom stereocenters. The number of aromatic nitrogens is 3. The van der Waals surface area contributed by atoms with Crippen molar-refractivity contribution < 1.29 is 18.3 Å². The highest BCUT2D eigenvalue weighted by Crippen LogP contribution is 2.34. The van der Waals surface area contributed by atoms with Gasteiger partial charge in [-0.2, -0.15) is 13.2 Å². The minimum atomic E-state index is -4.56. The molecule has 1 fully saturated rings. The third-order valence-corrected chi connectivity index (χ3v) is 7.71. The Morgan fingerprint density at radius 2 is 1.95 bits per heavy atom. The van der Waals surface area contributed by atoms with Crippen LogP contribution >= 0.6 is 0 Å². The zero-order chi connectivity index (χ0) is 28.3. The normalized spacial score (nSPS) is 19.9. The molecular formula is C30H37F3N6O. The number of fused-ring (bicyclic) bond motifs is 1. The first-order chi connectivity index (χ1) is 19.2. The molecule has 0 amide bonds. The van der Waals surface area contributed by atoms with Gasteiger partial charge in [0.05, 0.1) is 11.8 Å². The monoisotopic (exact) mass is 554 g/mol. The molecule has 1 aliphatic heterocycles. The van der Waals surface area contributed by atoms with Crippen molar-refractivity contribution in [2.24, 2.45) is 5.92 Å². The van der Waals surface area contributed by atoms with Gasteiger partial charge in [0, 0.05) is 42.9 Å². The second kappa shape index (κ2) is 12.1. The lowest BCUT2D eigenvalue weighted by Gasteiger charge is -2.37. The Morgan fingerprint density at radius 1 is 1.10 bits per heavy atom. The van der Waals surface area contributed by atoms with Gasteiger partial charge in [-0.15, -0.1) is 0 Å². The van der Waals surface area contributed by atoms with E-state index >= 15 is 0 Å². The predicted octanol–water partition coefficient (Wildman–Crippen LogP) is 6.07. The average Bonchev–Trinajstić information content (AvgIpc) is 2.92. The second-order valence-corrected chi connectivity index (χ2v) is 11.3. The fraction of sp³-hybridized carbons (Fsp3) is 0.500. The van der Waals surface area contributed by atoms with Crippen LogP contribution in [0.1, 0.15) is 56.4 Å². The van der Waals surface area contributed by atoms with Crippen LogP contribution < -0.4 is 10.6 Å². The summed E-state index contributed by atoms with van der Waals surface area (Å²) in [4.78, 5) is 15.2. The first-order valence-electron chi connectivity index (χ1n) is 14.1. The Hall–Kier alpha value is -3.24. The summed E-state index contributed by atoms with van der Waals surface area (Å²) in [5.41, 5.74) is 3.11. The zero-order valence-corrected chi connectivity index (χ0v) is 23.0. The third kappa shape index (κ3) is 6.72. The number of nitrogens with zero attached hydrogens (tertiary/aromatic N) is 4. The number of halogens is 3. The molecule has 7 nitrogen and oxygen atoms in total. The van der Waals surface area contributed by atoms with E-state index in [4.69, 9.17) is 0 Å². The second-order valence-electron chi connectivity index (χ2n) is 11.3. The smallest absolute Gasteiger partial charge is 0.393 e. The van der Waals surface area contributed by atoms with E-state index in [9.17, 15) is 18.3 Å². The van der Waals surface area contributed by atoms with Crippen LogP contribution in [0.2, 0.25) is 0 Å². The fourth-order valence-electron chi connectivity index (χ4n) is 5.77. The molecule has 40 heavy (non-hydrogen) atoms. The molecule has 3 heterocycles. The van der Waals surface area contributed by atoms with Crippen molar-refractivity contribution in [3.8, 4) is 11.3 Å². The van der Waals surface area contributed by atoms with Crippen LogP contribution in [0.3, 0.4) is 0 Å². The number of anilines is 3. The molecule has 0 saturated carbocycles. The van der Waals surface area contributed by atoms with Crippen LogP contribution in [0.15, 0.2) is 42.7 Å². The van der Waals surface area contributed by atoms with Crippen molar-refractivity contribution in [3.05, 3.63) is 59.5 Å². The number of hydrogen-bond acceptors (Lipinski definition) is 7. The van der Waals surface area contributed by atoms with E-state index in [1.807, 2.05) is 12.1 Å². The number of pyridine rings is 1. The van der Waals surface area contributed by atoms with Gasteiger partial charge >= 0.3 is 6.18 Å². The minimum absolute atomic E-state index is 0.162. The van der Waals surface area contributed by atoms with E-state index in [0.29, 0.717) is 36.0 Å². The molecule has 3 aromatic rings. The molecule has 0 radical (unpaired) electrons. The van der Waals surface area contributed by atoms with Crippen molar-refractivity contribution in [3.63, 3.8) is 0 Å². The maximum absolute atomic E-state index is 13.6. The van der Waals surface area contributed by atoms with Crippen LogP contribution in [-0.4, -0.2) is 56.7 Å². The molecule has 214 valence electrons. The number of aliphatic hydroxyl groups is 1. The highest BCUT2D eigenvalue weighted by molar-refractivity contribution is 5.75. The third-order valence-electron chi connectivity index (χ3n) is 7.71. The van der Waals surface area contributed by atoms with Gasteiger partial charge in [0.2, 0.25) is 0 Å². The Morgan fingerprint density at radius 3 is 2.75 bits per heavy atom. The number of aryl methyl sites for hydroxylation is 1. The standard InChI is InChI=1S/C30H37F3N6O/c1-19(2)17-39-13-4-3-7-21(39)16-34-29-23(11-12-27(38-29)30(31,32)33)26-15-28(36-18-35-26)37-25-8-5-6-20-9-10-22(40)14-24(20)25/h5-6,8,11-12,15,18-19,21-22,40H,3-4,7,9-10,13-14,16-17H2,1-2H3,(H,34,38)(H,35,36,37)/t21-,22-/m0/s1. The molecular weight excluding hydrogens is 517 g/mol. The highest BCUT2D eigenvalue weighted by atomic mass is 19.4. The molecule has 0 bridgehead atoms. The van der Waals surface area contributed by atoms with Crippen LogP contribution in [0.4, 0.5) is 30.5 Å². The largest absolute Gasteiger partial charge is 0.433 e. The highest BCUT2D eigenvalue weighted by Gasteiger charge is 2.33. The maximum atomic E-state index is 13.6. The minimum Gasteiger partial charge on any atom is -0.393 e. The van der Waals surface area contributed by atoms with E-state index in [0.717, 1.165) is 62.5 Å². The number of likely N-dealkylation sites (tertiary alicyclic amines) is 1. The lowest BCUT2D eigenvalue weighted by Crippen LogP contribution is -2.45. The van der Waals surface area contributed by atoms with Crippen molar-refractivity contribution in [1.29, 1.82) is 0 Å². The molecule has 5 rings (SSSR count). The van der Waals surface area contributed by atoms with Crippen molar-refractivity contribution >= 4 is 17.3 Å². The lowest BCUT2D eigenvalue weighted by molar-refractivity contribution is -0.141. The average molecular weight is 555 g/mol. The first-order valence-corrected chi connectivity index (χ1v) is 14.1. The Bertz CT molecular complexity index is 1310. The first kappa shape index (κ1) is 28.3. The van der Waals surface area contributed by atoms with E-state index in [1.54, 1.807) is 6.07 Å². The van der Waals surface area contributed by atoms with Gasteiger partial charge in [-0.3, -0.25) is 4.90 Å². The SMILES string of the molecule is CC(C)CN1CCCC[C@H]1CNc1nc(C(F)(F)F)ccc1-c1cc(Nc2cccc3c2C[C@@H](O)CC3)ncn1. The van der Waals surface area contributed by atoms with Crippen LogP contribution in [-0.2, 0) is 19.0 Å². The Balaban J connectivity index is 1.42. The number of rotatable bonds is 8. The molecule has 2 aromatic heterocycles. The summed E-state index contributed by atoms with van der Waals surface area (Å²) in [7, 11) is 0. The molecule has 1 saturated heterocycles. The summed E-state index contributed by atoms with van der Waals surface area (Å²) in [5, 5.41) is 16.8. The van der Waals surface area contributed by atoms with E-state index in [1.165, 1.54) is 18.0 Å². The number of aliphatic hydroxyl groups excluding tert-OH is 1.